The molecule has 0 saturated heterocycles. The maximum atomic E-state index is 5.09. The molecule has 0 radical (unpaired) electrons. The fourth-order valence-corrected chi connectivity index (χ4v) is 2.10. The second kappa shape index (κ2) is 5.52. The van der Waals surface area contributed by atoms with Gasteiger partial charge in [-0.3, -0.25) is 0 Å². The Morgan fingerprint density at radius 1 is 1.00 bits per heavy atom. The van der Waals surface area contributed by atoms with E-state index in [0.29, 0.717) is 6.04 Å². The van der Waals surface area contributed by atoms with E-state index in [9.17, 15) is 0 Å². The zero-order chi connectivity index (χ0) is 12.3. The van der Waals surface area contributed by atoms with Gasteiger partial charge in [0.05, 0.1) is 12.5 Å². The number of furan rings is 1. The average molecular weight is 294 g/mol. The standard InChI is InChI=1S/C14H16BrNO/c1-10(12-3-5-14(15)6-4-12)16-11(2)13-7-8-17-9-13/h3-11,16H,1-2H3. The Morgan fingerprint density at radius 2 is 1.65 bits per heavy atom. The molecule has 0 aliphatic carbocycles. The van der Waals surface area contributed by atoms with Crippen molar-refractivity contribution < 1.29 is 4.42 Å². The van der Waals surface area contributed by atoms with E-state index >= 15 is 0 Å². The van der Waals surface area contributed by atoms with Crippen molar-refractivity contribution in [1.29, 1.82) is 0 Å². The molecule has 0 fully saturated rings. The molecule has 1 heterocycles. The van der Waals surface area contributed by atoms with Crippen LogP contribution in [0.4, 0.5) is 0 Å². The molecule has 3 heteroatoms. The second-order valence-corrected chi connectivity index (χ2v) is 5.13. The van der Waals surface area contributed by atoms with E-state index in [-0.39, 0.29) is 6.04 Å². The molecule has 0 aliphatic rings. The van der Waals surface area contributed by atoms with Gasteiger partial charge in [0.1, 0.15) is 0 Å². The van der Waals surface area contributed by atoms with Crippen molar-refractivity contribution in [2.24, 2.45) is 0 Å². The van der Waals surface area contributed by atoms with E-state index in [4.69, 9.17) is 4.42 Å². The first-order valence-electron chi connectivity index (χ1n) is 5.70. The van der Waals surface area contributed by atoms with Crippen molar-refractivity contribution in [1.82, 2.24) is 5.32 Å². The second-order valence-electron chi connectivity index (χ2n) is 4.22. The minimum atomic E-state index is 0.285. The summed E-state index contributed by atoms with van der Waals surface area (Å²) in [5, 5.41) is 3.54. The molecular weight excluding hydrogens is 278 g/mol. The van der Waals surface area contributed by atoms with E-state index in [0.717, 1.165) is 4.47 Å². The van der Waals surface area contributed by atoms with Gasteiger partial charge < -0.3 is 9.73 Å². The molecule has 0 saturated carbocycles. The van der Waals surface area contributed by atoms with E-state index in [2.05, 4.69) is 59.4 Å². The number of halogens is 1. The highest BCUT2D eigenvalue weighted by Crippen LogP contribution is 2.21. The number of nitrogens with one attached hydrogen (secondary N) is 1. The lowest BCUT2D eigenvalue weighted by atomic mass is 10.1. The summed E-state index contributed by atoms with van der Waals surface area (Å²) < 4.78 is 6.20. The molecular formula is C14H16BrNO. The highest BCUT2D eigenvalue weighted by atomic mass is 79.9. The van der Waals surface area contributed by atoms with Crippen molar-refractivity contribution in [3.05, 3.63) is 58.5 Å². The predicted molar refractivity (Wildman–Crippen MR) is 72.8 cm³/mol. The van der Waals surface area contributed by atoms with Crippen LogP contribution in [0.15, 0.2) is 51.7 Å². The van der Waals surface area contributed by atoms with E-state index in [1.807, 2.05) is 6.07 Å². The summed E-state index contributed by atoms with van der Waals surface area (Å²) in [6, 6.07) is 11.0. The van der Waals surface area contributed by atoms with Gasteiger partial charge >= 0.3 is 0 Å². The van der Waals surface area contributed by atoms with Crippen LogP contribution in [-0.4, -0.2) is 0 Å². The topological polar surface area (TPSA) is 25.2 Å². The van der Waals surface area contributed by atoms with Crippen LogP contribution < -0.4 is 5.32 Å². The molecule has 17 heavy (non-hydrogen) atoms. The molecule has 2 rings (SSSR count). The van der Waals surface area contributed by atoms with Crippen molar-refractivity contribution in [3.8, 4) is 0 Å². The predicted octanol–water partition coefficient (Wildman–Crippen LogP) is 4.45. The molecule has 1 aromatic heterocycles. The Balaban J connectivity index is 2.01. The van der Waals surface area contributed by atoms with Crippen LogP contribution in [-0.2, 0) is 0 Å². The normalized spacial score (nSPS) is 14.5. The van der Waals surface area contributed by atoms with Crippen LogP contribution in [0.1, 0.15) is 37.1 Å². The number of hydrogen-bond donors (Lipinski definition) is 1. The van der Waals surface area contributed by atoms with Gasteiger partial charge in [-0.15, -0.1) is 0 Å². The maximum Gasteiger partial charge on any atom is 0.0950 e. The van der Waals surface area contributed by atoms with Gasteiger partial charge in [0.2, 0.25) is 0 Å². The Bertz CT molecular complexity index is 450. The van der Waals surface area contributed by atoms with Crippen LogP contribution in [0.3, 0.4) is 0 Å². The van der Waals surface area contributed by atoms with Crippen LogP contribution in [0, 0.1) is 0 Å². The van der Waals surface area contributed by atoms with Crippen LogP contribution in [0.25, 0.3) is 0 Å². The lowest BCUT2D eigenvalue weighted by Crippen LogP contribution is -2.22. The summed E-state index contributed by atoms with van der Waals surface area (Å²) in [6.45, 7) is 4.31. The van der Waals surface area contributed by atoms with Gasteiger partial charge in [-0.2, -0.15) is 0 Å². The molecule has 0 bridgehead atoms. The van der Waals surface area contributed by atoms with Gasteiger partial charge in [0.25, 0.3) is 0 Å². The highest BCUT2D eigenvalue weighted by Gasteiger charge is 2.11. The monoisotopic (exact) mass is 293 g/mol. The third kappa shape index (κ3) is 3.20. The molecule has 90 valence electrons. The lowest BCUT2D eigenvalue weighted by Gasteiger charge is -2.19. The summed E-state index contributed by atoms with van der Waals surface area (Å²) >= 11 is 3.44. The highest BCUT2D eigenvalue weighted by molar-refractivity contribution is 9.10. The summed E-state index contributed by atoms with van der Waals surface area (Å²) in [4.78, 5) is 0. The van der Waals surface area contributed by atoms with Crippen molar-refractivity contribution >= 4 is 15.9 Å². The van der Waals surface area contributed by atoms with Crippen LogP contribution in [0.2, 0.25) is 0 Å². The van der Waals surface area contributed by atoms with Crippen LogP contribution >= 0.6 is 15.9 Å². The molecule has 1 aromatic carbocycles. The molecule has 2 atom stereocenters. The first-order valence-corrected chi connectivity index (χ1v) is 6.49. The third-order valence-electron chi connectivity index (χ3n) is 2.91. The average Bonchev–Trinajstić information content (AvgIpc) is 2.83. The van der Waals surface area contributed by atoms with Crippen molar-refractivity contribution in [2.75, 3.05) is 0 Å². The Kier molecular flexibility index (Phi) is 4.02. The minimum Gasteiger partial charge on any atom is -0.472 e. The van der Waals surface area contributed by atoms with Crippen molar-refractivity contribution in [3.63, 3.8) is 0 Å². The quantitative estimate of drug-likeness (QED) is 0.901. The SMILES string of the molecule is CC(NC(C)c1ccoc1)c1ccc(Br)cc1. The Hall–Kier alpha value is -1.06. The molecule has 0 amide bonds. The summed E-state index contributed by atoms with van der Waals surface area (Å²) in [6.07, 6.45) is 3.49. The van der Waals surface area contributed by atoms with Gasteiger partial charge in [-0.25, -0.2) is 0 Å². The lowest BCUT2D eigenvalue weighted by molar-refractivity contribution is 0.486. The summed E-state index contributed by atoms with van der Waals surface area (Å²) in [5.41, 5.74) is 2.46. The molecule has 2 nitrogen and oxygen atoms in total. The maximum absolute atomic E-state index is 5.09. The van der Waals surface area contributed by atoms with Gasteiger partial charge in [0, 0.05) is 22.1 Å². The third-order valence-corrected chi connectivity index (χ3v) is 3.44. The number of rotatable bonds is 4. The van der Waals surface area contributed by atoms with Crippen molar-refractivity contribution in [2.45, 2.75) is 25.9 Å². The summed E-state index contributed by atoms with van der Waals surface area (Å²) in [5.74, 6) is 0. The van der Waals surface area contributed by atoms with E-state index in [1.165, 1.54) is 11.1 Å². The van der Waals surface area contributed by atoms with Gasteiger partial charge in [-0.05, 0) is 37.6 Å². The smallest absolute Gasteiger partial charge is 0.0950 e. The fraction of sp³-hybridized carbons (Fsp3) is 0.286. The number of hydrogen-bond acceptors (Lipinski definition) is 2. The fourth-order valence-electron chi connectivity index (χ4n) is 1.84. The number of benzene rings is 1. The minimum absolute atomic E-state index is 0.285. The zero-order valence-electron chi connectivity index (χ0n) is 9.98. The molecule has 0 spiro atoms. The first-order chi connectivity index (χ1) is 8.16. The molecule has 1 N–H and O–H groups in total. The zero-order valence-corrected chi connectivity index (χ0v) is 11.6. The Morgan fingerprint density at radius 3 is 2.24 bits per heavy atom. The van der Waals surface area contributed by atoms with Gasteiger partial charge in [0.15, 0.2) is 0 Å². The van der Waals surface area contributed by atoms with E-state index < -0.39 is 0 Å². The molecule has 2 unspecified atom stereocenters. The first kappa shape index (κ1) is 12.4. The van der Waals surface area contributed by atoms with Crippen LogP contribution in [0.5, 0.6) is 0 Å². The molecule has 0 aliphatic heterocycles. The largest absolute Gasteiger partial charge is 0.472 e. The Labute approximate surface area is 110 Å². The summed E-state index contributed by atoms with van der Waals surface area (Å²) in [7, 11) is 0. The van der Waals surface area contributed by atoms with E-state index in [1.54, 1.807) is 12.5 Å². The van der Waals surface area contributed by atoms with Gasteiger partial charge in [-0.1, -0.05) is 28.1 Å². The molecule has 2 aromatic rings.